The van der Waals surface area contributed by atoms with Gasteiger partial charge in [0.25, 0.3) is 5.91 Å². The van der Waals surface area contributed by atoms with Crippen LogP contribution in [0.15, 0.2) is 43.2 Å². The molecule has 1 fully saturated rings. The molecule has 2 N–H and O–H groups in total. The summed E-state index contributed by atoms with van der Waals surface area (Å²) in [5, 5.41) is 9.44. The number of aromatic amines is 1. The molecule has 0 saturated carbocycles. The minimum absolute atomic E-state index is 0.0473. The fourth-order valence-electron chi connectivity index (χ4n) is 2.90. The van der Waals surface area contributed by atoms with Crippen LogP contribution >= 0.6 is 0 Å². The first-order chi connectivity index (χ1) is 11.7. The molecule has 0 radical (unpaired) electrons. The molecule has 24 heavy (non-hydrogen) atoms. The van der Waals surface area contributed by atoms with Gasteiger partial charge in [-0.1, -0.05) is 12.6 Å². The van der Waals surface area contributed by atoms with Crippen LogP contribution in [0.5, 0.6) is 0 Å². The van der Waals surface area contributed by atoms with Gasteiger partial charge in [0, 0.05) is 30.3 Å². The van der Waals surface area contributed by atoms with E-state index in [0.717, 1.165) is 18.7 Å². The Morgan fingerprint density at radius 1 is 1.42 bits per heavy atom. The number of benzene rings is 1. The standard InChI is InChI=1S/C17H19N5O2/c1-2-15(23)20-14-7-3-5-12(9-14)17(24)22-8-4-6-13(10-22)16-18-11-19-21-16/h2-3,5,7,9,11,13H,1,4,6,8,10H2,(H,20,23)(H,18,19,21). The highest BCUT2D eigenvalue weighted by atomic mass is 16.2. The number of anilines is 1. The van der Waals surface area contributed by atoms with Crippen LogP contribution in [0.4, 0.5) is 5.69 Å². The third kappa shape index (κ3) is 3.51. The molecule has 1 unspecified atom stereocenters. The quantitative estimate of drug-likeness (QED) is 0.841. The van der Waals surface area contributed by atoms with Crippen LogP contribution in [0, 0.1) is 0 Å². The number of rotatable bonds is 4. The molecule has 124 valence electrons. The third-order valence-corrected chi connectivity index (χ3v) is 4.09. The van der Waals surface area contributed by atoms with Crippen molar-refractivity contribution < 1.29 is 9.59 Å². The maximum atomic E-state index is 12.8. The summed E-state index contributed by atoms with van der Waals surface area (Å²) in [4.78, 5) is 30.2. The molecule has 1 atom stereocenters. The Bertz CT molecular complexity index is 741. The first kappa shape index (κ1) is 15.9. The summed E-state index contributed by atoms with van der Waals surface area (Å²) in [5.74, 6) is 0.644. The van der Waals surface area contributed by atoms with Crippen molar-refractivity contribution in [2.24, 2.45) is 0 Å². The predicted molar refractivity (Wildman–Crippen MR) is 89.5 cm³/mol. The van der Waals surface area contributed by atoms with E-state index in [0.29, 0.717) is 24.3 Å². The Morgan fingerprint density at radius 2 is 2.29 bits per heavy atom. The summed E-state index contributed by atoms with van der Waals surface area (Å²) in [7, 11) is 0. The number of nitrogens with zero attached hydrogens (tertiary/aromatic N) is 3. The van der Waals surface area contributed by atoms with E-state index in [9.17, 15) is 9.59 Å². The third-order valence-electron chi connectivity index (χ3n) is 4.09. The Balaban J connectivity index is 1.72. The second-order valence-electron chi connectivity index (χ2n) is 5.74. The van der Waals surface area contributed by atoms with Gasteiger partial charge in [0.15, 0.2) is 0 Å². The molecular formula is C17H19N5O2. The summed E-state index contributed by atoms with van der Waals surface area (Å²) in [6.45, 7) is 4.74. The zero-order valence-electron chi connectivity index (χ0n) is 13.2. The fraction of sp³-hybridized carbons (Fsp3) is 0.294. The average Bonchev–Trinajstić information content (AvgIpc) is 3.16. The Kier molecular flexibility index (Phi) is 4.69. The van der Waals surface area contributed by atoms with Gasteiger partial charge in [-0.05, 0) is 37.1 Å². The van der Waals surface area contributed by atoms with Gasteiger partial charge in [-0.15, -0.1) is 0 Å². The van der Waals surface area contributed by atoms with Gasteiger partial charge in [0.2, 0.25) is 5.91 Å². The van der Waals surface area contributed by atoms with E-state index < -0.39 is 0 Å². The van der Waals surface area contributed by atoms with Crippen molar-refractivity contribution in [3.63, 3.8) is 0 Å². The molecule has 2 aromatic rings. The van der Waals surface area contributed by atoms with Crippen LogP contribution in [0.3, 0.4) is 0 Å². The molecule has 1 saturated heterocycles. The summed E-state index contributed by atoms with van der Waals surface area (Å²) in [6.07, 6.45) is 4.58. The highest BCUT2D eigenvalue weighted by Gasteiger charge is 2.27. The normalized spacial score (nSPS) is 17.3. The Labute approximate surface area is 139 Å². The number of hydrogen-bond acceptors (Lipinski definition) is 4. The lowest BCUT2D eigenvalue weighted by atomic mass is 9.96. The lowest BCUT2D eigenvalue weighted by Crippen LogP contribution is -2.39. The largest absolute Gasteiger partial charge is 0.338 e. The van der Waals surface area contributed by atoms with Crippen LogP contribution < -0.4 is 5.32 Å². The number of H-pyrrole nitrogens is 1. The number of piperidine rings is 1. The van der Waals surface area contributed by atoms with E-state index >= 15 is 0 Å². The fourth-order valence-corrected chi connectivity index (χ4v) is 2.90. The number of hydrogen-bond donors (Lipinski definition) is 2. The van der Waals surface area contributed by atoms with Crippen molar-refractivity contribution >= 4 is 17.5 Å². The van der Waals surface area contributed by atoms with Gasteiger partial charge in [-0.3, -0.25) is 14.7 Å². The van der Waals surface area contributed by atoms with Crippen molar-refractivity contribution in [1.29, 1.82) is 0 Å². The molecule has 1 aliphatic rings. The first-order valence-electron chi connectivity index (χ1n) is 7.85. The van der Waals surface area contributed by atoms with Gasteiger partial charge in [0.1, 0.15) is 12.2 Å². The number of carbonyl (C=O) groups is 2. The Morgan fingerprint density at radius 3 is 3.04 bits per heavy atom. The van der Waals surface area contributed by atoms with Crippen molar-refractivity contribution in [2.45, 2.75) is 18.8 Å². The van der Waals surface area contributed by atoms with Crippen LogP contribution in [0.25, 0.3) is 0 Å². The first-order valence-corrected chi connectivity index (χ1v) is 7.85. The number of carbonyl (C=O) groups excluding carboxylic acids is 2. The molecule has 7 nitrogen and oxygen atoms in total. The zero-order valence-corrected chi connectivity index (χ0v) is 13.2. The second-order valence-corrected chi connectivity index (χ2v) is 5.74. The van der Waals surface area contributed by atoms with E-state index in [-0.39, 0.29) is 17.7 Å². The minimum Gasteiger partial charge on any atom is -0.338 e. The van der Waals surface area contributed by atoms with E-state index in [1.807, 2.05) is 4.90 Å². The molecule has 1 aromatic heterocycles. The van der Waals surface area contributed by atoms with Gasteiger partial charge < -0.3 is 10.2 Å². The van der Waals surface area contributed by atoms with E-state index in [1.165, 1.54) is 12.4 Å². The molecule has 1 aliphatic heterocycles. The number of likely N-dealkylation sites (tertiary alicyclic amines) is 1. The summed E-state index contributed by atoms with van der Waals surface area (Å²) >= 11 is 0. The van der Waals surface area contributed by atoms with Gasteiger partial charge in [-0.2, -0.15) is 5.10 Å². The highest BCUT2D eigenvalue weighted by molar-refractivity contribution is 6.00. The zero-order chi connectivity index (χ0) is 16.9. The molecule has 0 aliphatic carbocycles. The summed E-state index contributed by atoms with van der Waals surface area (Å²) in [5.41, 5.74) is 1.13. The molecule has 2 amide bonds. The number of aromatic nitrogens is 3. The number of amides is 2. The topological polar surface area (TPSA) is 91.0 Å². The lowest BCUT2D eigenvalue weighted by molar-refractivity contribution is -0.111. The highest BCUT2D eigenvalue weighted by Crippen LogP contribution is 2.25. The average molecular weight is 325 g/mol. The molecule has 2 heterocycles. The van der Waals surface area contributed by atoms with Crippen LogP contribution in [-0.2, 0) is 4.79 Å². The Hall–Kier alpha value is -2.96. The summed E-state index contributed by atoms with van der Waals surface area (Å²) < 4.78 is 0. The van der Waals surface area contributed by atoms with E-state index in [2.05, 4.69) is 27.1 Å². The maximum Gasteiger partial charge on any atom is 0.253 e. The SMILES string of the molecule is C=CC(=O)Nc1cccc(C(=O)N2CCCC(c3ncn[nH]3)C2)c1. The van der Waals surface area contributed by atoms with Crippen molar-refractivity contribution in [3.05, 3.63) is 54.6 Å². The van der Waals surface area contributed by atoms with Crippen molar-refractivity contribution in [2.75, 3.05) is 18.4 Å². The van der Waals surface area contributed by atoms with E-state index in [1.54, 1.807) is 24.3 Å². The molecule has 3 rings (SSSR count). The molecular weight excluding hydrogens is 306 g/mol. The molecule has 1 aromatic carbocycles. The summed E-state index contributed by atoms with van der Waals surface area (Å²) in [6, 6.07) is 6.93. The van der Waals surface area contributed by atoms with Crippen molar-refractivity contribution in [3.8, 4) is 0 Å². The minimum atomic E-state index is -0.303. The number of nitrogens with one attached hydrogen (secondary N) is 2. The molecule has 7 heteroatoms. The smallest absolute Gasteiger partial charge is 0.253 e. The lowest BCUT2D eigenvalue weighted by Gasteiger charge is -2.31. The van der Waals surface area contributed by atoms with E-state index in [4.69, 9.17) is 0 Å². The van der Waals surface area contributed by atoms with Gasteiger partial charge in [0.05, 0.1) is 0 Å². The van der Waals surface area contributed by atoms with Crippen LogP contribution in [0.2, 0.25) is 0 Å². The monoisotopic (exact) mass is 325 g/mol. The predicted octanol–water partition coefficient (Wildman–Crippen LogP) is 1.95. The molecule has 0 spiro atoms. The molecule has 0 bridgehead atoms. The van der Waals surface area contributed by atoms with Crippen molar-refractivity contribution in [1.82, 2.24) is 20.1 Å². The van der Waals surface area contributed by atoms with Crippen LogP contribution in [-0.4, -0.2) is 45.0 Å². The van der Waals surface area contributed by atoms with Crippen LogP contribution in [0.1, 0.15) is 34.9 Å². The van der Waals surface area contributed by atoms with Gasteiger partial charge in [-0.25, -0.2) is 4.98 Å². The maximum absolute atomic E-state index is 12.8. The van der Waals surface area contributed by atoms with Gasteiger partial charge >= 0.3 is 0 Å². The second kappa shape index (κ2) is 7.08.